The quantitative estimate of drug-likeness (QED) is 0.416. The first kappa shape index (κ1) is 15.1. The molecule has 0 saturated carbocycles. The number of aromatic nitrogens is 2. The number of nitrogen functional groups attached to an aromatic ring is 1. The van der Waals surface area contributed by atoms with Crippen LogP contribution in [0.3, 0.4) is 0 Å². The molecule has 2 atom stereocenters. The summed E-state index contributed by atoms with van der Waals surface area (Å²) in [6, 6.07) is 0. The van der Waals surface area contributed by atoms with Gasteiger partial charge in [-0.1, -0.05) is 0 Å². The summed E-state index contributed by atoms with van der Waals surface area (Å²) in [7, 11) is -4.53. The van der Waals surface area contributed by atoms with Crippen molar-refractivity contribution in [1.29, 1.82) is 0 Å². The number of anilines is 1. The summed E-state index contributed by atoms with van der Waals surface area (Å²) >= 11 is 0. The van der Waals surface area contributed by atoms with E-state index in [4.69, 9.17) is 30.9 Å². The monoisotopic (exact) mass is 308 g/mol. The van der Waals surface area contributed by atoms with Gasteiger partial charge in [-0.2, -0.15) is 0 Å². The van der Waals surface area contributed by atoms with Crippen molar-refractivity contribution in [3.8, 4) is 0 Å². The number of hydrogen-bond donors (Lipinski definition) is 5. The van der Waals surface area contributed by atoms with Crippen LogP contribution in [0.25, 0.3) is 0 Å². The molecule has 1 saturated heterocycles. The summed E-state index contributed by atoms with van der Waals surface area (Å²) in [5.74, 6) is -0.616. The second-order valence-electron chi connectivity index (χ2n) is 4.42. The van der Waals surface area contributed by atoms with Crippen molar-refractivity contribution in [2.75, 3.05) is 12.3 Å². The third-order valence-corrected chi connectivity index (χ3v) is 3.48. The van der Waals surface area contributed by atoms with Crippen molar-refractivity contribution < 1.29 is 28.7 Å². The molecule has 1 aromatic heterocycles. The molecule has 1 aliphatic rings. The fourth-order valence-electron chi connectivity index (χ4n) is 2.01. The number of nitrogens with two attached hydrogens (primary N) is 2. The number of nitrogens with zero attached hydrogens (tertiary/aromatic N) is 2. The number of amides is 1. The molecule has 0 bridgehead atoms. The molecule has 20 heavy (non-hydrogen) atoms. The summed E-state index contributed by atoms with van der Waals surface area (Å²) in [5.41, 5.74) is 10.8. The summed E-state index contributed by atoms with van der Waals surface area (Å²) in [4.78, 5) is 41.1. The van der Waals surface area contributed by atoms with Gasteiger partial charge in [-0.3, -0.25) is 0 Å². The van der Waals surface area contributed by atoms with Crippen LogP contribution < -0.4 is 11.5 Å². The summed E-state index contributed by atoms with van der Waals surface area (Å²) < 4.78 is 11.6. The molecule has 1 aliphatic heterocycles. The van der Waals surface area contributed by atoms with Gasteiger partial charge in [-0.05, 0) is 0 Å². The Morgan fingerprint density at radius 3 is 2.80 bits per heavy atom. The average Bonchev–Trinajstić information content (AvgIpc) is 2.91. The fourth-order valence-corrected chi connectivity index (χ4v) is 2.42. The van der Waals surface area contributed by atoms with Crippen LogP contribution in [-0.2, 0) is 9.26 Å². The van der Waals surface area contributed by atoms with E-state index in [1.165, 1.54) is 10.9 Å². The Balaban J connectivity index is 1.98. The van der Waals surface area contributed by atoms with Crippen molar-refractivity contribution in [2.45, 2.75) is 25.2 Å². The molecule has 1 amide bonds. The minimum atomic E-state index is -4.53. The Bertz CT molecular complexity index is 501. The molecule has 11 heteroatoms. The van der Waals surface area contributed by atoms with Gasteiger partial charge in [-0.25, -0.2) is 0 Å². The van der Waals surface area contributed by atoms with E-state index >= 15 is 0 Å². The zero-order valence-corrected chi connectivity index (χ0v) is 11.5. The van der Waals surface area contributed by atoms with Crippen molar-refractivity contribution in [3.63, 3.8) is 0 Å². The Kier molecular flexibility index (Phi) is 4.23. The van der Waals surface area contributed by atoms with Crippen LogP contribution in [0.5, 0.6) is 0 Å². The van der Waals surface area contributed by atoms with Gasteiger partial charge in [0.2, 0.25) is 0 Å². The minimum absolute atomic E-state index is 0.0270. The van der Waals surface area contributed by atoms with Crippen molar-refractivity contribution in [2.24, 2.45) is 5.73 Å². The van der Waals surface area contributed by atoms with Gasteiger partial charge in [0, 0.05) is 0 Å². The number of carbonyl (C=O) groups excluding carboxylic acids is 1. The van der Waals surface area contributed by atoms with Gasteiger partial charge < -0.3 is 0 Å². The molecule has 2 rings (SSSR count). The van der Waals surface area contributed by atoms with Crippen LogP contribution in [0.2, 0.25) is 0 Å². The third-order valence-electron chi connectivity index (χ3n) is 2.92. The Morgan fingerprint density at radius 2 is 2.25 bits per heavy atom. The van der Waals surface area contributed by atoms with Crippen molar-refractivity contribution >= 4 is 19.9 Å². The number of carbonyl (C=O) groups is 1. The Labute approximate surface area is 114 Å². The van der Waals surface area contributed by atoms with Gasteiger partial charge in [-0.15, -0.1) is 0 Å². The number of primary amides is 1. The van der Waals surface area contributed by atoms with E-state index in [1.54, 1.807) is 0 Å². The van der Waals surface area contributed by atoms with E-state index in [0.29, 0.717) is 12.8 Å². The topological polar surface area (TPSA) is 166 Å². The average molecular weight is 308 g/mol. The second kappa shape index (κ2) is 5.60. The van der Waals surface area contributed by atoms with E-state index in [1.807, 2.05) is 0 Å². The maximum absolute atomic E-state index is 11.1. The normalized spacial score (nSPS) is 23.9. The van der Waals surface area contributed by atoms with Gasteiger partial charge in [0.1, 0.15) is 0 Å². The van der Waals surface area contributed by atoms with Crippen molar-refractivity contribution in [3.05, 3.63) is 12.0 Å². The molecule has 0 unspecified atom stereocenters. The molecule has 7 N–H and O–H groups in total. The SMILES string of the molecule is NC(=O)c1ncn([C@H]2CC[C@@H](CO[PH](O)(O)O)O2)c1N. The zero-order chi connectivity index (χ0) is 14.9. The van der Waals surface area contributed by atoms with Gasteiger partial charge in [0.25, 0.3) is 0 Å². The molecule has 1 aromatic rings. The molecule has 114 valence electrons. The van der Waals surface area contributed by atoms with Crippen LogP contribution in [0, 0.1) is 0 Å². The first-order valence-corrected chi connectivity index (χ1v) is 7.61. The Hall–Kier alpha value is -1.29. The first-order valence-electron chi connectivity index (χ1n) is 5.86. The molecule has 0 aliphatic carbocycles. The van der Waals surface area contributed by atoms with Crippen LogP contribution >= 0.6 is 8.17 Å². The second-order valence-corrected chi connectivity index (χ2v) is 5.86. The number of ether oxygens (including phenoxy) is 1. The first-order chi connectivity index (χ1) is 9.28. The van der Waals surface area contributed by atoms with Crippen LogP contribution in [0.1, 0.15) is 29.6 Å². The van der Waals surface area contributed by atoms with Gasteiger partial charge >= 0.3 is 113 Å². The molecular weight excluding hydrogens is 291 g/mol. The van der Waals surface area contributed by atoms with Gasteiger partial charge in [0.05, 0.1) is 0 Å². The van der Waals surface area contributed by atoms with Crippen LogP contribution in [0.15, 0.2) is 6.33 Å². The van der Waals surface area contributed by atoms with E-state index < -0.39 is 26.4 Å². The van der Waals surface area contributed by atoms with Crippen LogP contribution in [-0.4, -0.2) is 42.8 Å². The summed E-state index contributed by atoms with van der Waals surface area (Å²) in [5, 5.41) is 0. The number of imidazole rings is 1. The predicted molar refractivity (Wildman–Crippen MR) is 69.2 cm³/mol. The van der Waals surface area contributed by atoms with E-state index in [-0.39, 0.29) is 18.1 Å². The maximum atomic E-state index is 11.1. The van der Waals surface area contributed by atoms with E-state index in [0.717, 1.165) is 0 Å². The van der Waals surface area contributed by atoms with E-state index in [2.05, 4.69) is 9.51 Å². The molecule has 2 heterocycles. The Morgan fingerprint density at radius 1 is 1.55 bits per heavy atom. The summed E-state index contributed by atoms with van der Waals surface area (Å²) in [6.45, 7) is -0.149. The van der Waals surface area contributed by atoms with Gasteiger partial charge in [0.15, 0.2) is 0 Å². The third kappa shape index (κ3) is 3.42. The number of hydrogen-bond acceptors (Lipinski definition) is 8. The summed E-state index contributed by atoms with van der Waals surface area (Å²) in [6.07, 6.45) is 1.63. The zero-order valence-electron chi connectivity index (χ0n) is 10.5. The molecule has 10 nitrogen and oxygen atoms in total. The van der Waals surface area contributed by atoms with Crippen molar-refractivity contribution in [1.82, 2.24) is 9.55 Å². The van der Waals surface area contributed by atoms with E-state index in [9.17, 15) is 4.79 Å². The molecule has 1 fully saturated rings. The fraction of sp³-hybridized carbons (Fsp3) is 0.556. The van der Waals surface area contributed by atoms with Crippen LogP contribution in [0.4, 0.5) is 5.82 Å². The molecule has 0 radical (unpaired) electrons. The molecular formula is C9H17N4O6P. The molecule has 0 spiro atoms. The molecule has 0 aromatic carbocycles. The predicted octanol–water partition coefficient (Wildman–Crippen LogP) is -1.35. The number of rotatable bonds is 5. The standard InChI is InChI=1S/C9H17N4O6P/c10-8-7(9(11)14)12-4-13(8)6-2-1-5(19-6)3-18-20(15,16)17/h4-6,15-17,20H,1-3,10H2,(H2,11,14)/t5-,6+/m0/s1.